The molecule has 5 heteroatoms. The Morgan fingerprint density at radius 3 is 2.48 bits per heavy atom. The van der Waals surface area contributed by atoms with Crippen LogP contribution in [0.3, 0.4) is 0 Å². The van der Waals surface area contributed by atoms with E-state index in [0.29, 0.717) is 12.1 Å². The minimum Gasteiger partial charge on any atom is -0.496 e. The van der Waals surface area contributed by atoms with Gasteiger partial charge in [0, 0.05) is 30.8 Å². The zero-order chi connectivity index (χ0) is 18.2. The number of hydrogen-bond acceptors (Lipinski definition) is 3. The number of hydrogen-bond donors (Lipinski definition) is 2. The number of nitrogens with one attached hydrogen (secondary N) is 2. The molecule has 25 heavy (non-hydrogen) atoms. The number of carbonyl (C=O) groups is 2. The van der Waals surface area contributed by atoms with Gasteiger partial charge in [0.15, 0.2) is 0 Å². The van der Waals surface area contributed by atoms with Gasteiger partial charge in [-0.1, -0.05) is 23.8 Å². The SMILES string of the molecule is CNC(=O)c1ccc(CNC(=O)/C=C/c2cc(C)ccc2OC)cc1. The minimum absolute atomic E-state index is 0.134. The molecule has 0 bridgehead atoms. The summed E-state index contributed by atoms with van der Waals surface area (Å²) >= 11 is 0. The fourth-order valence-electron chi connectivity index (χ4n) is 2.32. The summed E-state index contributed by atoms with van der Waals surface area (Å²) < 4.78 is 5.29. The van der Waals surface area contributed by atoms with Crippen LogP contribution < -0.4 is 15.4 Å². The molecule has 0 atom stereocenters. The van der Waals surface area contributed by atoms with Crippen molar-refractivity contribution in [3.05, 3.63) is 70.8 Å². The van der Waals surface area contributed by atoms with E-state index < -0.39 is 0 Å². The highest BCUT2D eigenvalue weighted by Gasteiger charge is 2.04. The topological polar surface area (TPSA) is 67.4 Å². The molecule has 2 N–H and O–H groups in total. The molecule has 0 saturated heterocycles. The van der Waals surface area contributed by atoms with Gasteiger partial charge in [0.05, 0.1) is 7.11 Å². The lowest BCUT2D eigenvalue weighted by molar-refractivity contribution is -0.116. The number of benzene rings is 2. The van der Waals surface area contributed by atoms with Crippen molar-refractivity contribution >= 4 is 17.9 Å². The average molecular weight is 338 g/mol. The Kier molecular flexibility index (Phi) is 6.34. The second-order valence-electron chi connectivity index (χ2n) is 5.57. The van der Waals surface area contributed by atoms with Gasteiger partial charge in [-0.2, -0.15) is 0 Å². The number of carbonyl (C=O) groups excluding carboxylic acids is 2. The maximum absolute atomic E-state index is 12.0. The fourth-order valence-corrected chi connectivity index (χ4v) is 2.32. The van der Waals surface area contributed by atoms with Gasteiger partial charge in [-0.25, -0.2) is 0 Å². The lowest BCUT2D eigenvalue weighted by Crippen LogP contribution is -2.20. The lowest BCUT2D eigenvalue weighted by atomic mass is 10.1. The van der Waals surface area contributed by atoms with Crippen LogP contribution in [-0.2, 0) is 11.3 Å². The molecule has 0 radical (unpaired) electrons. The zero-order valence-corrected chi connectivity index (χ0v) is 14.6. The van der Waals surface area contributed by atoms with Crippen molar-refractivity contribution < 1.29 is 14.3 Å². The Balaban J connectivity index is 1.94. The molecular weight excluding hydrogens is 316 g/mol. The molecule has 0 aliphatic heterocycles. The number of rotatable bonds is 6. The van der Waals surface area contributed by atoms with Crippen molar-refractivity contribution in [2.45, 2.75) is 13.5 Å². The summed E-state index contributed by atoms with van der Waals surface area (Å²) in [5.74, 6) is 0.393. The summed E-state index contributed by atoms with van der Waals surface area (Å²) in [5.41, 5.74) is 3.45. The molecule has 0 fully saturated rings. The van der Waals surface area contributed by atoms with E-state index in [9.17, 15) is 9.59 Å². The smallest absolute Gasteiger partial charge is 0.251 e. The van der Waals surface area contributed by atoms with Gasteiger partial charge in [-0.15, -0.1) is 0 Å². The molecule has 0 spiro atoms. The quantitative estimate of drug-likeness (QED) is 0.796. The first-order chi connectivity index (χ1) is 12.0. The molecule has 0 heterocycles. The first-order valence-corrected chi connectivity index (χ1v) is 7.95. The van der Waals surface area contributed by atoms with E-state index in [1.165, 1.54) is 6.08 Å². The van der Waals surface area contributed by atoms with E-state index in [0.717, 1.165) is 22.4 Å². The van der Waals surface area contributed by atoms with Crippen LogP contribution in [0.25, 0.3) is 6.08 Å². The summed E-state index contributed by atoms with van der Waals surface area (Å²) in [6, 6.07) is 12.9. The van der Waals surface area contributed by atoms with Crippen LogP contribution in [0, 0.1) is 6.92 Å². The molecular formula is C20H22N2O3. The van der Waals surface area contributed by atoms with Crippen molar-refractivity contribution in [3.8, 4) is 5.75 Å². The van der Waals surface area contributed by atoms with Crippen LogP contribution in [0.1, 0.15) is 27.0 Å². The van der Waals surface area contributed by atoms with Crippen molar-refractivity contribution in [3.63, 3.8) is 0 Å². The predicted octanol–water partition coefficient (Wildman–Crippen LogP) is 2.69. The highest BCUT2D eigenvalue weighted by molar-refractivity contribution is 5.94. The summed E-state index contributed by atoms with van der Waals surface area (Å²) in [4.78, 5) is 23.5. The standard InChI is InChI=1S/C20H22N2O3/c1-14-4-10-18(25-3)17(12-14)9-11-19(23)22-13-15-5-7-16(8-6-15)20(24)21-2/h4-12H,13H2,1-3H3,(H,21,24)(H,22,23)/b11-9+. The van der Waals surface area contributed by atoms with Crippen molar-refractivity contribution in [2.75, 3.05) is 14.2 Å². The van der Waals surface area contributed by atoms with Gasteiger partial charge in [-0.05, 0) is 42.8 Å². The second kappa shape index (κ2) is 8.68. The molecule has 2 aromatic rings. The van der Waals surface area contributed by atoms with E-state index in [1.807, 2.05) is 37.3 Å². The van der Waals surface area contributed by atoms with Crippen LogP contribution in [0.15, 0.2) is 48.5 Å². The zero-order valence-electron chi connectivity index (χ0n) is 14.6. The number of ether oxygens (including phenoxy) is 1. The largest absolute Gasteiger partial charge is 0.496 e. The molecule has 2 amide bonds. The third-order valence-corrected chi connectivity index (χ3v) is 3.71. The Bertz CT molecular complexity index is 780. The number of methoxy groups -OCH3 is 1. The molecule has 0 aliphatic carbocycles. The van der Waals surface area contributed by atoms with Gasteiger partial charge in [-0.3, -0.25) is 9.59 Å². The molecule has 2 rings (SSSR count). The summed E-state index contributed by atoms with van der Waals surface area (Å²) in [7, 11) is 3.19. The van der Waals surface area contributed by atoms with Gasteiger partial charge in [0.2, 0.25) is 5.91 Å². The third kappa shape index (κ3) is 5.21. The van der Waals surface area contributed by atoms with Crippen molar-refractivity contribution in [2.24, 2.45) is 0 Å². The Morgan fingerprint density at radius 2 is 1.84 bits per heavy atom. The van der Waals surface area contributed by atoms with E-state index in [2.05, 4.69) is 10.6 Å². The molecule has 2 aromatic carbocycles. The number of amides is 2. The molecule has 0 saturated carbocycles. The maximum Gasteiger partial charge on any atom is 0.251 e. The van der Waals surface area contributed by atoms with Crippen molar-refractivity contribution in [1.29, 1.82) is 0 Å². The normalized spacial score (nSPS) is 10.5. The Hall–Kier alpha value is -3.08. The summed E-state index contributed by atoms with van der Waals surface area (Å²) in [6.07, 6.45) is 3.21. The summed E-state index contributed by atoms with van der Waals surface area (Å²) in [6.45, 7) is 2.38. The van der Waals surface area contributed by atoms with Crippen LogP contribution in [0.2, 0.25) is 0 Å². The molecule has 0 aliphatic rings. The van der Waals surface area contributed by atoms with Gasteiger partial charge in [0.1, 0.15) is 5.75 Å². The monoisotopic (exact) mass is 338 g/mol. The number of aryl methyl sites for hydroxylation is 1. The highest BCUT2D eigenvalue weighted by atomic mass is 16.5. The minimum atomic E-state index is -0.195. The molecule has 0 aromatic heterocycles. The third-order valence-electron chi connectivity index (χ3n) is 3.71. The lowest BCUT2D eigenvalue weighted by Gasteiger charge is -2.06. The Morgan fingerprint density at radius 1 is 1.12 bits per heavy atom. The second-order valence-corrected chi connectivity index (χ2v) is 5.57. The first kappa shape index (κ1) is 18.3. The van der Waals surface area contributed by atoms with Crippen LogP contribution >= 0.6 is 0 Å². The van der Waals surface area contributed by atoms with Crippen LogP contribution in [-0.4, -0.2) is 26.0 Å². The van der Waals surface area contributed by atoms with Crippen LogP contribution in [0.4, 0.5) is 0 Å². The van der Waals surface area contributed by atoms with Crippen LogP contribution in [0.5, 0.6) is 5.75 Å². The summed E-state index contributed by atoms with van der Waals surface area (Å²) in [5, 5.41) is 5.39. The molecule has 5 nitrogen and oxygen atoms in total. The predicted molar refractivity (Wildman–Crippen MR) is 98.4 cm³/mol. The van der Waals surface area contributed by atoms with Gasteiger partial charge < -0.3 is 15.4 Å². The van der Waals surface area contributed by atoms with E-state index in [-0.39, 0.29) is 11.8 Å². The first-order valence-electron chi connectivity index (χ1n) is 7.95. The van der Waals surface area contributed by atoms with Crippen molar-refractivity contribution in [1.82, 2.24) is 10.6 Å². The highest BCUT2D eigenvalue weighted by Crippen LogP contribution is 2.20. The Labute approximate surface area is 147 Å². The molecule has 130 valence electrons. The van der Waals surface area contributed by atoms with E-state index in [4.69, 9.17) is 4.74 Å². The molecule has 0 unspecified atom stereocenters. The van der Waals surface area contributed by atoms with Gasteiger partial charge in [0.25, 0.3) is 5.91 Å². The fraction of sp³-hybridized carbons (Fsp3) is 0.200. The van der Waals surface area contributed by atoms with Gasteiger partial charge >= 0.3 is 0 Å². The van der Waals surface area contributed by atoms with E-state index >= 15 is 0 Å². The average Bonchev–Trinajstić information content (AvgIpc) is 2.64. The van der Waals surface area contributed by atoms with E-state index in [1.54, 1.807) is 32.4 Å². The maximum atomic E-state index is 12.0.